The number of nitrogens with zero attached hydrogens (tertiary/aromatic N) is 1. The zero-order chi connectivity index (χ0) is 17.6. The lowest BCUT2D eigenvalue weighted by molar-refractivity contribution is 0.232. The summed E-state index contributed by atoms with van der Waals surface area (Å²) < 4.78 is 28.4. The molecule has 0 fully saturated rings. The van der Waals surface area contributed by atoms with Gasteiger partial charge in [0.25, 0.3) is 0 Å². The molecule has 2 aromatic rings. The second-order valence-electron chi connectivity index (χ2n) is 5.78. The molecule has 1 atom stereocenters. The predicted molar refractivity (Wildman–Crippen MR) is 99.4 cm³/mol. The van der Waals surface area contributed by atoms with Crippen molar-refractivity contribution in [2.24, 2.45) is 0 Å². The lowest BCUT2D eigenvalue weighted by Gasteiger charge is -2.26. The summed E-state index contributed by atoms with van der Waals surface area (Å²) in [5.74, 6) is 0. The molecule has 0 amide bonds. The Morgan fingerprint density at radius 2 is 1.54 bits per heavy atom. The average Bonchev–Trinajstić information content (AvgIpc) is 2.62. The Balaban J connectivity index is 2.25. The van der Waals surface area contributed by atoms with Crippen LogP contribution in [0.5, 0.6) is 0 Å². The summed E-state index contributed by atoms with van der Waals surface area (Å²) in [6, 6.07) is 16.9. The number of benzene rings is 2. The molecule has 0 spiro atoms. The molecular formula is C19H26N2O2S. The van der Waals surface area contributed by atoms with Crippen LogP contribution in [0.3, 0.4) is 0 Å². The summed E-state index contributed by atoms with van der Waals surface area (Å²) in [5.41, 5.74) is 1.62. The quantitative estimate of drug-likeness (QED) is 0.797. The van der Waals surface area contributed by atoms with Gasteiger partial charge in [0.15, 0.2) is 0 Å². The summed E-state index contributed by atoms with van der Waals surface area (Å²) in [4.78, 5) is 2.55. The lowest BCUT2D eigenvalue weighted by Crippen LogP contribution is -2.42. The van der Waals surface area contributed by atoms with Crippen molar-refractivity contribution in [3.63, 3.8) is 0 Å². The molecule has 5 heteroatoms. The second-order valence-corrected chi connectivity index (χ2v) is 7.52. The third kappa shape index (κ3) is 4.44. The number of rotatable bonds is 8. The van der Waals surface area contributed by atoms with Gasteiger partial charge in [-0.05, 0) is 31.6 Å². The summed E-state index contributed by atoms with van der Waals surface area (Å²) in [7, 11) is -3.56. The standard InChI is InChI=1S/C19H26N2O2S/c1-4-21(5-2)16(3)15-20-24(22,23)19-14-10-9-13-18(19)17-11-7-6-8-12-17/h6-14,16,20H,4-5,15H2,1-3H3/t16-/m1/s1. The minimum absolute atomic E-state index is 0.152. The molecule has 0 radical (unpaired) electrons. The summed E-state index contributed by atoms with van der Waals surface area (Å²) >= 11 is 0. The van der Waals surface area contributed by atoms with E-state index in [0.29, 0.717) is 11.4 Å². The van der Waals surface area contributed by atoms with Crippen molar-refractivity contribution in [1.82, 2.24) is 9.62 Å². The zero-order valence-electron chi connectivity index (χ0n) is 14.6. The van der Waals surface area contributed by atoms with Crippen molar-refractivity contribution in [2.75, 3.05) is 19.6 Å². The molecule has 0 aliphatic heterocycles. The second kappa shape index (κ2) is 8.42. The van der Waals surface area contributed by atoms with Crippen LogP contribution >= 0.6 is 0 Å². The van der Waals surface area contributed by atoms with E-state index in [0.717, 1.165) is 24.2 Å². The van der Waals surface area contributed by atoms with Crippen LogP contribution in [0.25, 0.3) is 11.1 Å². The summed E-state index contributed by atoms with van der Waals surface area (Å²) in [6.45, 7) is 8.41. The molecule has 1 N–H and O–H groups in total. The molecular weight excluding hydrogens is 320 g/mol. The molecule has 0 aliphatic rings. The smallest absolute Gasteiger partial charge is 0.241 e. The van der Waals surface area contributed by atoms with Crippen LogP contribution in [0.4, 0.5) is 0 Å². The van der Waals surface area contributed by atoms with E-state index in [1.54, 1.807) is 12.1 Å². The van der Waals surface area contributed by atoms with Gasteiger partial charge in [0.2, 0.25) is 10.0 Å². The SMILES string of the molecule is CCN(CC)[C@H](C)CNS(=O)(=O)c1ccccc1-c1ccccc1. The van der Waals surface area contributed by atoms with E-state index in [2.05, 4.69) is 23.5 Å². The Morgan fingerprint density at radius 1 is 0.958 bits per heavy atom. The third-order valence-corrected chi connectivity index (χ3v) is 5.75. The Labute approximate surface area is 145 Å². The first-order chi connectivity index (χ1) is 11.5. The molecule has 130 valence electrons. The number of likely N-dealkylation sites (N-methyl/N-ethyl adjacent to an activating group) is 1. The molecule has 24 heavy (non-hydrogen) atoms. The van der Waals surface area contributed by atoms with Gasteiger partial charge in [-0.25, -0.2) is 13.1 Å². The van der Waals surface area contributed by atoms with Crippen LogP contribution in [0, 0.1) is 0 Å². The van der Waals surface area contributed by atoms with E-state index >= 15 is 0 Å². The van der Waals surface area contributed by atoms with Crippen molar-refractivity contribution in [2.45, 2.75) is 31.7 Å². The first kappa shape index (κ1) is 18.6. The van der Waals surface area contributed by atoms with E-state index in [9.17, 15) is 8.42 Å². The molecule has 0 saturated heterocycles. The van der Waals surface area contributed by atoms with Gasteiger partial charge in [-0.1, -0.05) is 62.4 Å². The highest BCUT2D eigenvalue weighted by Crippen LogP contribution is 2.26. The van der Waals surface area contributed by atoms with Gasteiger partial charge in [0, 0.05) is 18.2 Å². The average molecular weight is 346 g/mol. The van der Waals surface area contributed by atoms with E-state index in [1.165, 1.54) is 0 Å². The first-order valence-corrected chi connectivity index (χ1v) is 9.86. The molecule has 0 bridgehead atoms. The normalized spacial score (nSPS) is 13.2. The topological polar surface area (TPSA) is 49.4 Å². The van der Waals surface area contributed by atoms with Gasteiger partial charge in [-0.2, -0.15) is 0 Å². The van der Waals surface area contributed by atoms with Gasteiger partial charge in [0.05, 0.1) is 4.90 Å². The molecule has 4 nitrogen and oxygen atoms in total. The van der Waals surface area contributed by atoms with E-state index in [-0.39, 0.29) is 6.04 Å². The number of hydrogen-bond acceptors (Lipinski definition) is 3. The molecule has 2 aromatic carbocycles. The highest BCUT2D eigenvalue weighted by Gasteiger charge is 2.20. The maximum Gasteiger partial charge on any atom is 0.241 e. The van der Waals surface area contributed by atoms with Crippen LogP contribution in [-0.2, 0) is 10.0 Å². The fourth-order valence-corrected chi connectivity index (χ4v) is 4.19. The van der Waals surface area contributed by atoms with Crippen molar-refractivity contribution in [3.8, 4) is 11.1 Å². The molecule has 0 aliphatic carbocycles. The van der Waals surface area contributed by atoms with E-state index in [1.807, 2.05) is 49.4 Å². The van der Waals surface area contributed by atoms with Crippen molar-refractivity contribution >= 4 is 10.0 Å². The van der Waals surface area contributed by atoms with E-state index < -0.39 is 10.0 Å². The molecule has 0 unspecified atom stereocenters. The van der Waals surface area contributed by atoms with Gasteiger partial charge < -0.3 is 0 Å². The minimum atomic E-state index is -3.56. The summed E-state index contributed by atoms with van der Waals surface area (Å²) in [5, 5.41) is 0. The van der Waals surface area contributed by atoms with Crippen LogP contribution in [-0.4, -0.2) is 39.0 Å². The monoisotopic (exact) mass is 346 g/mol. The third-order valence-electron chi connectivity index (χ3n) is 4.27. The van der Waals surface area contributed by atoms with E-state index in [4.69, 9.17) is 0 Å². The molecule has 0 aromatic heterocycles. The Morgan fingerprint density at radius 3 is 2.17 bits per heavy atom. The van der Waals surface area contributed by atoms with Gasteiger partial charge >= 0.3 is 0 Å². The number of hydrogen-bond donors (Lipinski definition) is 1. The maximum atomic E-state index is 12.8. The largest absolute Gasteiger partial charge is 0.300 e. The van der Waals surface area contributed by atoms with Crippen LogP contribution in [0.1, 0.15) is 20.8 Å². The van der Waals surface area contributed by atoms with Crippen LogP contribution in [0.15, 0.2) is 59.5 Å². The predicted octanol–water partition coefficient (Wildman–Crippen LogP) is 3.36. The fraction of sp³-hybridized carbons (Fsp3) is 0.368. The van der Waals surface area contributed by atoms with Gasteiger partial charge in [-0.15, -0.1) is 0 Å². The van der Waals surface area contributed by atoms with Gasteiger partial charge in [-0.3, -0.25) is 4.90 Å². The lowest BCUT2D eigenvalue weighted by atomic mass is 10.1. The Bertz CT molecular complexity index is 741. The molecule has 0 saturated carbocycles. The van der Waals surface area contributed by atoms with Crippen LogP contribution in [0.2, 0.25) is 0 Å². The fourth-order valence-electron chi connectivity index (χ4n) is 2.84. The molecule has 2 rings (SSSR count). The number of sulfonamides is 1. The maximum absolute atomic E-state index is 12.8. The Hall–Kier alpha value is -1.69. The zero-order valence-corrected chi connectivity index (χ0v) is 15.4. The highest BCUT2D eigenvalue weighted by atomic mass is 32.2. The molecule has 0 heterocycles. The van der Waals surface area contributed by atoms with Crippen molar-refractivity contribution < 1.29 is 8.42 Å². The van der Waals surface area contributed by atoms with Gasteiger partial charge in [0.1, 0.15) is 0 Å². The summed E-state index contributed by atoms with van der Waals surface area (Å²) in [6.07, 6.45) is 0. The highest BCUT2D eigenvalue weighted by molar-refractivity contribution is 7.89. The van der Waals surface area contributed by atoms with Crippen molar-refractivity contribution in [1.29, 1.82) is 0 Å². The minimum Gasteiger partial charge on any atom is -0.300 e. The van der Waals surface area contributed by atoms with Crippen LogP contribution < -0.4 is 4.72 Å². The Kier molecular flexibility index (Phi) is 6.54. The first-order valence-electron chi connectivity index (χ1n) is 8.37. The number of nitrogens with one attached hydrogen (secondary N) is 1. The van der Waals surface area contributed by atoms with Crippen molar-refractivity contribution in [3.05, 3.63) is 54.6 Å².